The average molecular weight is 373 g/mol. The van der Waals surface area contributed by atoms with Gasteiger partial charge in [0.15, 0.2) is 0 Å². The first-order valence-corrected chi connectivity index (χ1v) is 8.92. The summed E-state index contributed by atoms with van der Waals surface area (Å²) in [4.78, 5) is 20.9. The Hall–Kier alpha value is -3.74. The summed E-state index contributed by atoms with van der Waals surface area (Å²) in [6.45, 7) is 2.86. The first kappa shape index (κ1) is 17.7. The molecular weight excluding hydrogens is 354 g/mol. The van der Waals surface area contributed by atoms with Crippen molar-refractivity contribution in [1.82, 2.24) is 25.0 Å². The molecule has 0 saturated heterocycles. The second kappa shape index (κ2) is 7.87. The Labute approximate surface area is 162 Å². The second-order valence-corrected chi connectivity index (χ2v) is 6.36. The zero-order chi connectivity index (χ0) is 19.3. The van der Waals surface area contributed by atoms with Crippen LogP contribution in [0.5, 0.6) is 0 Å². The number of aromatic nitrogens is 4. The number of hydrogen-bond donors (Lipinski definition) is 1. The third-order valence-electron chi connectivity index (χ3n) is 4.39. The maximum atomic E-state index is 12.4. The number of carbonyl (C=O) groups excluding carboxylic acids is 1. The maximum absolute atomic E-state index is 12.4. The molecule has 2 heterocycles. The molecule has 0 aliphatic carbocycles. The van der Waals surface area contributed by atoms with Crippen molar-refractivity contribution in [3.63, 3.8) is 0 Å². The van der Waals surface area contributed by atoms with Gasteiger partial charge in [-0.3, -0.25) is 4.79 Å². The van der Waals surface area contributed by atoms with Crippen LogP contribution in [0.25, 0.3) is 11.4 Å². The smallest absolute Gasteiger partial charge is 0.251 e. The van der Waals surface area contributed by atoms with Gasteiger partial charge in [0, 0.05) is 30.1 Å². The fraction of sp³-hybridized carbons (Fsp3) is 0.143. The molecule has 1 amide bonds. The fourth-order valence-electron chi connectivity index (χ4n) is 2.82. The fourth-order valence-corrected chi connectivity index (χ4v) is 2.82. The zero-order valence-corrected chi connectivity index (χ0v) is 15.4. The first-order chi connectivity index (χ1) is 13.7. The van der Waals surface area contributed by atoms with Crippen molar-refractivity contribution in [3.05, 3.63) is 89.8 Å². The molecule has 0 unspecified atom stereocenters. The van der Waals surface area contributed by atoms with Crippen LogP contribution in [0.2, 0.25) is 0 Å². The highest BCUT2D eigenvalue weighted by Crippen LogP contribution is 2.14. The van der Waals surface area contributed by atoms with E-state index in [0.29, 0.717) is 17.3 Å². The van der Waals surface area contributed by atoms with Gasteiger partial charge in [0.2, 0.25) is 11.7 Å². The number of hydrogen-bond acceptors (Lipinski definition) is 5. The number of rotatable bonds is 6. The number of nitrogens with one attached hydrogen (secondary N) is 1. The van der Waals surface area contributed by atoms with Crippen molar-refractivity contribution in [3.8, 4) is 11.4 Å². The molecule has 7 heteroatoms. The van der Waals surface area contributed by atoms with Crippen molar-refractivity contribution in [2.24, 2.45) is 0 Å². The van der Waals surface area contributed by atoms with Crippen LogP contribution in [0.4, 0.5) is 0 Å². The molecule has 4 rings (SSSR count). The van der Waals surface area contributed by atoms with E-state index in [-0.39, 0.29) is 12.5 Å². The van der Waals surface area contributed by atoms with Crippen molar-refractivity contribution in [1.29, 1.82) is 0 Å². The van der Waals surface area contributed by atoms with E-state index in [1.54, 1.807) is 18.3 Å². The number of imidazole rings is 1. The zero-order valence-electron chi connectivity index (χ0n) is 15.4. The lowest BCUT2D eigenvalue weighted by atomic mass is 10.1. The van der Waals surface area contributed by atoms with Crippen LogP contribution in [0.3, 0.4) is 0 Å². The minimum atomic E-state index is -0.190. The molecule has 7 nitrogen and oxygen atoms in total. The number of aryl methyl sites for hydroxylation is 1. The van der Waals surface area contributed by atoms with E-state index in [1.807, 2.05) is 55.6 Å². The van der Waals surface area contributed by atoms with Crippen LogP contribution in [0, 0.1) is 6.92 Å². The highest BCUT2D eigenvalue weighted by Gasteiger charge is 2.11. The van der Waals surface area contributed by atoms with E-state index in [4.69, 9.17) is 4.52 Å². The van der Waals surface area contributed by atoms with Gasteiger partial charge in [-0.05, 0) is 24.6 Å². The molecular formula is C21H19N5O2. The predicted molar refractivity (Wildman–Crippen MR) is 103 cm³/mol. The minimum Gasteiger partial charge on any atom is -0.343 e. The van der Waals surface area contributed by atoms with E-state index in [2.05, 4.69) is 25.0 Å². The van der Waals surface area contributed by atoms with E-state index in [0.717, 1.165) is 23.5 Å². The molecule has 28 heavy (non-hydrogen) atoms. The summed E-state index contributed by atoms with van der Waals surface area (Å²) in [6.07, 6.45) is 3.71. The molecule has 4 aromatic rings. The molecule has 2 aromatic carbocycles. The van der Waals surface area contributed by atoms with E-state index in [1.165, 1.54) is 0 Å². The Bertz CT molecular complexity index is 1070. The highest BCUT2D eigenvalue weighted by atomic mass is 16.5. The highest BCUT2D eigenvalue weighted by molar-refractivity contribution is 5.94. The topological polar surface area (TPSA) is 85.8 Å². The SMILES string of the molecule is Cc1nccn1Cc1ccc(C(=O)NCc2nc(-c3ccccc3)no2)cc1. The molecule has 0 bridgehead atoms. The second-order valence-electron chi connectivity index (χ2n) is 6.36. The van der Waals surface area contributed by atoms with Crippen molar-refractivity contribution in [2.75, 3.05) is 0 Å². The Morgan fingerprint density at radius 3 is 2.61 bits per heavy atom. The standard InChI is InChI=1S/C21H19N5O2/c1-15-22-11-12-26(15)14-16-7-9-18(10-8-16)21(27)23-13-19-24-20(25-28-19)17-5-3-2-4-6-17/h2-12H,13-14H2,1H3,(H,23,27). The molecule has 140 valence electrons. The monoisotopic (exact) mass is 373 g/mol. The lowest BCUT2D eigenvalue weighted by molar-refractivity contribution is 0.0946. The van der Waals surface area contributed by atoms with Gasteiger partial charge in [0.25, 0.3) is 5.91 Å². The van der Waals surface area contributed by atoms with Crippen molar-refractivity contribution in [2.45, 2.75) is 20.0 Å². The molecule has 0 fully saturated rings. The molecule has 0 spiro atoms. The summed E-state index contributed by atoms with van der Waals surface area (Å²) in [5.74, 6) is 1.63. The average Bonchev–Trinajstić information content (AvgIpc) is 3.37. The Morgan fingerprint density at radius 1 is 1.11 bits per heavy atom. The Balaban J connectivity index is 1.35. The van der Waals surface area contributed by atoms with E-state index >= 15 is 0 Å². The van der Waals surface area contributed by atoms with Gasteiger partial charge >= 0.3 is 0 Å². The summed E-state index contributed by atoms with van der Waals surface area (Å²) >= 11 is 0. The van der Waals surface area contributed by atoms with Crippen LogP contribution >= 0.6 is 0 Å². The largest absolute Gasteiger partial charge is 0.343 e. The van der Waals surface area contributed by atoms with Gasteiger partial charge in [-0.15, -0.1) is 0 Å². The number of nitrogens with zero attached hydrogens (tertiary/aromatic N) is 4. The summed E-state index contributed by atoms with van der Waals surface area (Å²) in [6, 6.07) is 17.0. The van der Waals surface area contributed by atoms with Crippen LogP contribution < -0.4 is 5.32 Å². The molecule has 1 N–H and O–H groups in total. The molecule has 0 aliphatic rings. The van der Waals surface area contributed by atoms with Gasteiger partial charge < -0.3 is 14.4 Å². The summed E-state index contributed by atoms with van der Waals surface area (Å²) < 4.78 is 7.26. The number of benzene rings is 2. The van der Waals surface area contributed by atoms with Crippen LogP contribution in [-0.4, -0.2) is 25.6 Å². The molecule has 0 saturated carbocycles. The lowest BCUT2D eigenvalue weighted by Gasteiger charge is -2.07. The van der Waals surface area contributed by atoms with Gasteiger partial charge in [0.05, 0.1) is 6.54 Å². The molecule has 0 aliphatic heterocycles. The van der Waals surface area contributed by atoms with Gasteiger partial charge in [-0.2, -0.15) is 4.98 Å². The van der Waals surface area contributed by atoms with Gasteiger partial charge in [0.1, 0.15) is 5.82 Å². The van der Waals surface area contributed by atoms with Crippen LogP contribution in [0.15, 0.2) is 71.5 Å². The summed E-state index contributed by atoms with van der Waals surface area (Å²) in [5, 5.41) is 6.75. The summed E-state index contributed by atoms with van der Waals surface area (Å²) in [7, 11) is 0. The third kappa shape index (κ3) is 3.98. The molecule has 0 atom stereocenters. The van der Waals surface area contributed by atoms with Crippen LogP contribution in [0.1, 0.15) is 27.6 Å². The lowest BCUT2D eigenvalue weighted by Crippen LogP contribution is -2.22. The van der Waals surface area contributed by atoms with Crippen LogP contribution in [-0.2, 0) is 13.1 Å². The van der Waals surface area contributed by atoms with Gasteiger partial charge in [-0.25, -0.2) is 4.98 Å². The van der Waals surface area contributed by atoms with Crippen molar-refractivity contribution >= 4 is 5.91 Å². The number of carbonyl (C=O) groups is 1. The molecule has 0 radical (unpaired) electrons. The summed E-state index contributed by atoms with van der Waals surface area (Å²) in [5.41, 5.74) is 2.54. The Morgan fingerprint density at radius 2 is 1.89 bits per heavy atom. The van der Waals surface area contributed by atoms with Crippen molar-refractivity contribution < 1.29 is 9.32 Å². The Kier molecular flexibility index (Phi) is 4.97. The van der Waals surface area contributed by atoms with Gasteiger partial charge in [-0.1, -0.05) is 47.6 Å². The van der Waals surface area contributed by atoms with E-state index in [9.17, 15) is 4.79 Å². The van der Waals surface area contributed by atoms with E-state index < -0.39 is 0 Å². The third-order valence-corrected chi connectivity index (χ3v) is 4.39. The normalized spacial score (nSPS) is 10.8. The quantitative estimate of drug-likeness (QED) is 0.561. The first-order valence-electron chi connectivity index (χ1n) is 8.92. The minimum absolute atomic E-state index is 0.175. The number of amides is 1. The predicted octanol–water partition coefficient (Wildman–Crippen LogP) is 3.22. The molecule has 2 aromatic heterocycles. The maximum Gasteiger partial charge on any atom is 0.251 e.